The van der Waals surface area contributed by atoms with Crippen LogP contribution in [0.5, 0.6) is 0 Å². The second-order valence-electron chi connectivity index (χ2n) is 6.92. The van der Waals surface area contributed by atoms with E-state index in [1.807, 2.05) is 35.2 Å². The quantitative estimate of drug-likeness (QED) is 0.613. The van der Waals surface area contributed by atoms with Crippen LogP contribution in [0.25, 0.3) is 6.08 Å². The van der Waals surface area contributed by atoms with E-state index in [1.165, 1.54) is 9.71 Å². The highest BCUT2D eigenvalue weighted by Crippen LogP contribution is 2.15. The Hall–Kier alpha value is -2.69. The Kier molecular flexibility index (Phi) is 7.24. The molecule has 2 aliphatic rings. The first kappa shape index (κ1) is 22.0. The highest BCUT2D eigenvalue weighted by atomic mass is 32.2. The number of sulfonamides is 1. The Balaban J connectivity index is 1.61. The van der Waals surface area contributed by atoms with Crippen molar-refractivity contribution in [1.29, 1.82) is 0 Å². The van der Waals surface area contributed by atoms with E-state index in [2.05, 4.69) is 10.6 Å². The van der Waals surface area contributed by atoms with E-state index in [0.717, 1.165) is 5.56 Å². The maximum absolute atomic E-state index is 12.6. The summed E-state index contributed by atoms with van der Waals surface area (Å²) in [5.41, 5.74) is 1.70. The van der Waals surface area contributed by atoms with Crippen LogP contribution in [0.3, 0.4) is 0 Å². The number of urea groups is 1. The van der Waals surface area contributed by atoms with E-state index in [9.17, 15) is 18.0 Å². The number of hydrogen-bond acceptors (Lipinski definition) is 6. The molecule has 1 aromatic carbocycles. The first-order valence-corrected chi connectivity index (χ1v) is 11.3. The summed E-state index contributed by atoms with van der Waals surface area (Å²) >= 11 is 0. The predicted molar refractivity (Wildman–Crippen MR) is 113 cm³/mol. The molecule has 162 valence electrons. The van der Waals surface area contributed by atoms with E-state index in [4.69, 9.17) is 4.74 Å². The summed E-state index contributed by atoms with van der Waals surface area (Å²) < 4.78 is 31.7. The Bertz CT molecular complexity index is 935. The van der Waals surface area contributed by atoms with Crippen LogP contribution in [0.4, 0.5) is 4.79 Å². The Labute approximate surface area is 176 Å². The predicted octanol–water partition coefficient (Wildman–Crippen LogP) is 0.735. The fraction of sp³-hybridized carbons (Fsp3) is 0.400. The average Bonchev–Trinajstić information content (AvgIpc) is 2.74. The highest BCUT2D eigenvalue weighted by Gasteiger charge is 2.29. The molecule has 3 rings (SSSR count). The molecule has 0 aromatic heterocycles. The standard InChI is InChI=1S/C20H26N4O5S/c1-2-29-19(25)17-14-21-20(26)22-18(17)15-23-9-11-24(12-10-23)30(27,28)13-8-16-6-4-3-5-7-16/h3-8,13H,2,9-12,14-15H2,1H3,(H2,21,22,26)/b13-8+. The molecule has 1 fully saturated rings. The number of nitrogens with zero attached hydrogens (tertiary/aromatic N) is 2. The number of carbonyl (C=O) groups excluding carboxylic acids is 2. The summed E-state index contributed by atoms with van der Waals surface area (Å²) in [6.07, 6.45) is 1.59. The van der Waals surface area contributed by atoms with Crippen LogP contribution in [0.2, 0.25) is 0 Å². The van der Waals surface area contributed by atoms with Crippen molar-refractivity contribution in [3.8, 4) is 0 Å². The molecule has 0 unspecified atom stereocenters. The maximum atomic E-state index is 12.6. The summed E-state index contributed by atoms with van der Waals surface area (Å²) in [6, 6.07) is 8.88. The van der Waals surface area contributed by atoms with Gasteiger partial charge in [-0.1, -0.05) is 30.3 Å². The summed E-state index contributed by atoms with van der Waals surface area (Å²) in [6.45, 7) is 4.05. The smallest absolute Gasteiger partial charge is 0.337 e. The summed E-state index contributed by atoms with van der Waals surface area (Å²) in [5.74, 6) is -0.465. The minimum absolute atomic E-state index is 0.110. The molecule has 10 heteroatoms. The third-order valence-electron chi connectivity index (χ3n) is 4.88. The van der Waals surface area contributed by atoms with Crippen molar-refractivity contribution in [3.05, 3.63) is 52.6 Å². The fourth-order valence-corrected chi connectivity index (χ4v) is 4.43. The van der Waals surface area contributed by atoms with Crippen molar-refractivity contribution in [2.75, 3.05) is 45.9 Å². The van der Waals surface area contributed by atoms with Crippen molar-refractivity contribution in [1.82, 2.24) is 19.8 Å². The van der Waals surface area contributed by atoms with Gasteiger partial charge in [-0.2, -0.15) is 4.31 Å². The van der Waals surface area contributed by atoms with Crippen molar-refractivity contribution < 1.29 is 22.7 Å². The largest absolute Gasteiger partial charge is 0.463 e. The van der Waals surface area contributed by atoms with Crippen LogP contribution in [-0.2, 0) is 19.6 Å². The number of ether oxygens (including phenoxy) is 1. The normalized spacial score (nSPS) is 18.9. The van der Waals surface area contributed by atoms with E-state index in [0.29, 0.717) is 44.0 Å². The van der Waals surface area contributed by atoms with E-state index in [1.54, 1.807) is 13.0 Å². The molecule has 2 aliphatic heterocycles. The lowest BCUT2D eigenvalue weighted by Crippen LogP contribution is -2.51. The van der Waals surface area contributed by atoms with Gasteiger partial charge in [-0.15, -0.1) is 0 Å². The minimum Gasteiger partial charge on any atom is -0.463 e. The number of carbonyl (C=O) groups is 2. The number of benzene rings is 1. The molecule has 2 N–H and O–H groups in total. The third-order valence-corrected chi connectivity index (χ3v) is 6.45. The van der Waals surface area contributed by atoms with Gasteiger partial charge in [-0.3, -0.25) is 4.90 Å². The van der Waals surface area contributed by atoms with Crippen LogP contribution in [0.1, 0.15) is 12.5 Å². The molecule has 0 aliphatic carbocycles. The maximum Gasteiger partial charge on any atom is 0.337 e. The summed E-state index contributed by atoms with van der Waals surface area (Å²) in [4.78, 5) is 25.8. The topological polar surface area (TPSA) is 108 Å². The Morgan fingerprint density at radius 3 is 2.53 bits per heavy atom. The van der Waals surface area contributed by atoms with Gasteiger partial charge in [0, 0.05) is 43.8 Å². The van der Waals surface area contributed by atoms with Crippen LogP contribution < -0.4 is 10.6 Å². The molecular formula is C20H26N4O5S. The van der Waals surface area contributed by atoms with Gasteiger partial charge >= 0.3 is 12.0 Å². The van der Waals surface area contributed by atoms with E-state index < -0.39 is 16.0 Å². The summed E-state index contributed by atoms with van der Waals surface area (Å²) in [5, 5.41) is 6.48. The molecule has 1 aromatic rings. The number of amides is 2. The zero-order chi connectivity index (χ0) is 21.6. The fourth-order valence-electron chi connectivity index (χ4n) is 3.26. The first-order chi connectivity index (χ1) is 14.4. The summed E-state index contributed by atoms with van der Waals surface area (Å²) in [7, 11) is -3.52. The van der Waals surface area contributed by atoms with Crippen LogP contribution in [0.15, 0.2) is 47.0 Å². The molecule has 0 saturated carbocycles. The van der Waals surface area contributed by atoms with Gasteiger partial charge in [0.05, 0.1) is 18.7 Å². The molecule has 2 amide bonds. The number of piperazine rings is 1. The van der Waals surface area contributed by atoms with Crippen molar-refractivity contribution >= 4 is 28.1 Å². The molecule has 9 nitrogen and oxygen atoms in total. The first-order valence-electron chi connectivity index (χ1n) is 9.78. The van der Waals surface area contributed by atoms with Crippen LogP contribution >= 0.6 is 0 Å². The number of esters is 1. The third kappa shape index (κ3) is 5.68. The molecule has 0 radical (unpaired) electrons. The van der Waals surface area contributed by atoms with Gasteiger partial charge in [0.15, 0.2) is 0 Å². The zero-order valence-corrected chi connectivity index (χ0v) is 17.7. The second-order valence-corrected chi connectivity index (χ2v) is 8.74. The molecule has 30 heavy (non-hydrogen) atoms. The second kappa shape index (κ2) is 9.88. The molecule has 2 heterocycles. The molecule has 1 saturated heterocycles. The minimum atomic E-state index is -3.52. The molecule has 0 spiro atoms. The lowest BCUT2D eigenvalue weighted by atomic mass is 10.1. The molecule has 0 bridgehead atoms. The number of rotatable bonds is 7. The Morgan fingerprint density at radius 1 is 1.17 bits per heavy atom. The van der Waals surface area contributed by atoms with Gasteiger partial charge in [0.2, 0.25) is 10.0 Å². The zero-order valence-electron chi connectivity index (χ0n) is 16.8. The van der Waals surface area contributed by atoms with Crippen LogP contribution in [-0.4, -0.2) is 75.5 Å². The van der Waals surface area contributed by atoms with Crippen LogP contribution in [0, 0.1) is 0 Å². The highest BCUT2D eigenvalue weighted by molar-refractivity contribution is 7.92. The van der Waals surface area contributed by atoms with E-state index in [-0.39, 0.29) is 19.2 Å². The van der Waals surface area contributed by atoms with Gasteiger partial charge in [-0.25, -0.2) is 18.0 Å². The Morgan fingerprint density at radius 2 is 1.87 bits per heavy atom. The SMILES string of the molecule is CCOC(=O)C1=C(CN2CCN(S(=O)(=O)/C=C/c3ccccc3)CC2)NC(=O)NC1. The van der Waals surface area contributed by atoms with Gasteiger partial charge in [0.25, 0.3) is 0 Å². The van der Waals surface area contributed by atoms with Gasteiger partial charge in [0.1, 0.15) is 0 Å². The number of hydrogen-bond donors (Lipinski definition) is 2. The molecule has 0 atom stereocenters. The monoisotopic (exact) mass is 434 g/mol. The number of nitrogens with one attached hydrogen (secondary N) is 2. The van der Waals surface area contributed by atoms with Gasteiger partial charge < -0.3 is 15.4 Å². The molecular weight excluding hydrogens is 408 g/mol. The van der Waals surface area contributed by atoms with Crippen molar-refractivity contribution in [3.63, 3.8) is 0 Å². The van der Waals surface area contributed by atoms with Gasteiger partial charge in [-0.05, 0) is 18.6 Å². The average molecular weight is 435 g/mol. The van der Waals surface area contributed by atoms with E-state index >= 15 is 0 Å². The van der Waals surface area contributed by atoms with Crippen molar-refractivity contribution in [2.45, 2.75) is 6.92 Å². The lowest BCUT2D eigenvalue weighted by Gasteiger charge is -2.34. The lowest BCUT2D eigenvalue weighted by molar-refractivity contribution is -0.138. The van der Waals surface area contributed by atoms with Crippen molar-refractivity contribution in [2.24, 2.45) is 0 Å².